The second-order valence-electron chi connectivity index (χ2n) is 3.83. The van der Waals surface area contributed by atoms with Crippen molar-refractivity contribution in [2.24, 2.45) is 0 Å². The number of rotatable bonds is 8. The molecular weight excluding hydrogens is 216 g/mol. The maximum absolute atomic E-state index is 10.9. The SMILES string of the molecule is CCNC(CO)CN(C)CCS(C)(=O)=O. The summed E-state index contributed by atoms with van der Waals surface area (Å²) in [6, 6.07) is 0.0135. The van der Waals surface area contributed by atoms with Crippen molar-refractivity contribution in [1.29, 1.82) is 0 Å². The maximum Gasteiger partial charge on any atom is 0.148 e. The van der Waals surface area contributed by atoms with Crippen molar-refractivity contribution in [2.45, 2.75) is 13.0 Å². The van der Waals surface area contributed by atoms with Crippen LogP contribution in [0, 0.1) is 0 Å². The minimum atomic E-state index is -2.90. The molecule has 0 bridgehead atoms. The number of aliphatic hydroxyl groups excluding tert-OH is 1. The standard InChI is InChI=1S/C9H22N2O3S/c1-4-10-9(8-12)7-11(2)5-6-15(3,13)14/h9-10,12H,4-8H2,1-3H3. The highest BCUT2D eigenvalue weighted by atomic mass is 32.2. The van der Waals surface area contributed by atoms with Gasteiger partial charge in [-0.25, -0.2) is 8.42 Å². The number of sulfone groups is 1. The third-order valence-electron chi connectivity index (χ3n) is 2.09. The first-order valence-electron chi connectivity index (χ1n) is 5.09. The van der Waals surface area contributed by atoms with Gasteiger partial charge in [-0.2, -0.15) is 0 Å². The molecule has 0 amide bonds. The van der Waals surface area contributed by atoms with Crippen molar-refractivity contribution in [2.75, 3.05) is 45.3 Å². The summed E-state index contributed by atoms with van der Waals surface area (Å²) in [5.41, 5.74) is 0. The fraction of sp³-hybridized carbons (Fsp3) is 1.00. The Labute approximate surface area is 92.4 Å². The lowest BCUT2D eigenvalue weighted by Gasteiger charge is -2.22. The maximum atomic E-state index is 10.9. The highest BCUT2D eigenvalue weighted by Crippen LogP contribution is 1.91. The Morgan fingerprint density at radius 2 is 2.07 bits per heavy atom. The molecule has 92 valence electrons. The Kier molecular flexibility index (Phi) is 7.08. The van der Waals surface area contributed by atoms with E-state index in [9.17, 15) is 8.42 Å². The van der Waals surface area contributed by atoms with Crippen molar-refractivity contribution in [3.05, 3.63) is 0 Å². The van der Waals surface area contributed by atoms with Crippen LogP contribution < -0.4 is 5.32 Å². The van der Waals surface area contributed by atoms with E-state index in [-0.39, 0.29) is 18.4 Å². The van der Waals surface area contributed by atoms with Gasteiger partial charge in [0.15, 0.2) is 0 Å². The lowest BCUT2D eigenvalue weighted by molar-refractivity contribution is 0.204. The van der Waals surface area contributed by atoms with E-state index in [1.807, 2.05) is 18.9 Å². The number of likely N-dealkylation sites (N-methyl/N-ethyl adjacent to an activating group) is 2. The largest absolute Gasteiger partial charge is 0.395 e. The van der Waals surface area contributed by atoms with Gasteiger partial charge in [0.2, 0.25) is 0 Å². The van der Waals surface area contributed by atoms with Crippen molar-refractivity contribution in [3.8, 4) is 0 Å². The molecular formula is C9H22N2O3S. The van der Waals surface area contributed by atoms with Gasteiger partial charge in [-0.05, 0) is 13.6 Å². The van der Waals surface area contributed by atoms with Gasteiger partial charge in [-0.1, -0.05) is 6.92 Å². The lowest BCUT2D eigenvalue weighted by Crippen LogP contribution is -2.43. The second kappa shape index (κ2) is 7.16. The predicted octanol–water partition coefficient (Wildman–Crippen LogP) is -1.07. The molecule has 0 heterocycles. The van der Waals surface area contributed by atoms with Gasteiger partial charge in [0.1, 0.15) is 9.84 Å². The molecule has 0 aliphatic heterocycles. The molecule has 15 heavy (non-hydrogen) atoms. The fourth-order valence-electron chi connectivity index (χ4n) is 1.26. The Hall–Kier alpha value is -0.170. The van der Waals surface area contributed by atoms with E-state index in [0.717, 1.165) is 6.54 Å². The van der Waals surface area contributed by atoms with Crippen LogP contribution in [-0.2, 0) is 9.84 Å². The number of nitrogens with zero attached hydrogens (tertiary/aromatic N) is 1. The molecule has 0 spiro atoms. The molecule has 6 heteroatoms. The first kappa shape index (κ1) is 14.8. The summed E-state index contributed by atoms with van der Waals surface area (Å²) in [6.07, 6.45) is 1.23. The van der Waals surface area contributed by atoms with Gasteiger partial charge in [0, 0.05) is 25.4 Å². The zero-order valence-corrected chi connectivity index (χ0v) is 10.5. The first-order valence-corrected chi connectivity index (χ1v) is 7.15. The van der Waals surface area contributed by atoms with E-state index in [2.05, 4.69) is 5.32 Å². The third-order valence-corrected chi connectivity index (χ3v) is 3.01. The van der Waals surface area contributed by atoms with Crippen LogP contribution in [0.25, 0.3) is 0 Å². The summed E-state index contributed by atoms with van der Waals surface area (Å²) in [5.74, 6) is 0.160. The van der Waals surface area contributed by atoms with E-state index in [0.29, 0.717) is 13.1 Å². The molecule has 0 aromatic rings. The molecule has 1 atom stereocenters. The lowest BCUT2D eigenvalue weighted by atomic mass is 10.3. The monoisotopic (exact) mass is 238 g/mol. The second-order valence-corrected chi connectivity index (χ2v) is 6.09. The summed E-state index contributed by atoms with van der Waals surface area (Å²) >= 11 is 0. The molecule has 5 nitrogen and oxygen atoms in total. The molecule has 2 N–H and O–H groups in total. The van der Waals surface area contributed by atoms with Gasteiger partial charge in [-0.15, -0.1) is 0 Å². The van der Waals surface area contributed by atoms with Crippen LogP contribution in [-0.4, -0.2) is 69.8 Å². The molecule has 0 radical (unpaired) electrons. The molecule has 1 unspecified atom stereocenters. The molecule has 0 aliphatic carbocycles. The summed E-state index contributed by atoms with van der Waals surface area (Å²) in [5, 5.41) is 12.1. The van der Waals surface area contributed by atoms with Crippen molar-refractivity contribution < 1.29 is 13.5 Å². The molecule has 0 fully saturated rings. The molecule has 0 rings (SSSR count). The number of nitrogens with one attached hydrogen (secondary N) is 1. The summed E-state index contributed by atoms with van der Waals surface area (Å²) in [4.78, 5) is 1.91. The molecule has 0 aromatic carbocycles. The smallest absolute Gasteiger partial charge is 0.148 e. The quantitative estimate of drug-likeness (QED) is 0.564. The Bertz CT molecular complexity index is 254. The van der Waals surface area contributed by atoms with Gasteiger partial charge in [0.05, 0.1) is 12.4 Å². The van der Waals surface area contributed by atoms with Gasteiger partial charge < -0.3 is 15.3 Å². The van der Waals surface area contributed by atoms with E-state index in [4.69, 9.17) is 5.11 Å². The van der Waals surface area contributed by atoms with Gasteiger partial charge in [-0.3, -0.25) is 0 Å². The summed E-state index contributed by atoms with van der Waals surface area (Å²) < 4.78 is 21.9. The number of hydrogen-bond acceptors (Lipinski definition) is 5. The summed E-state index contributed by atoms with van der Waals surface area (Å²) in [6.45, 7) is 3.99. The summed E-state index contributed by atoms with van der Waals surface area (Å²) in [7, 11) is -1.05. The minimum Gasteiger partial charge on any atom is -0.395 e. The molecule has 0 saturated carbocycles. The van der Waals surface area contributed by atoms with E-state index >= 15 is 0 Å². The topological polar surface area (TPSA) is 69.6 Å². The van der Waals surface area contributed by atoms with Crippen LogP contribution in [0.15, 0.2) is 0 Å². The first-order chi connectivity index (χ1) is 6.89. The normalized spacial score (nSPS) is 14.5. The van der Waals surface area contributed by atoms with Crippen molar-refractivity contribution in [1.82, 2.24) is 10.2 Å². The van der Waals surface area contributed by atoms with Crippen LogP contribution in [0.3, 0.4) is 0 Å². The minimum absolute atomic E-state index is 0.0135. The van der Waals surface area contributed by atoms with Crippen LogP contribution in [0.2, 0.25) is 0 Å². The van der Waals surface area contributed by atoms with Crippen molar-refractivity contribution >= 4 is 9.84 Å². The van der Waals surface area contributed by atoms with Crippen LogP contribution in [0.1, 0.15) is 6.92 Å². The van der Waals surface area contributed by atoms with Gasteiger partial charge >= 0.3 is 0 Å². The third kappa shape index (κ3) is 8.80. The van der Waals surface area contributed by atoms with E-state index in [1.165, 1.54) is 6.26 Å². The predicted molar refractivity (Wildman–Crippen MR) is 61.8 cm³/mol. The highest BCUT2D eigenvalue weighted by molar-refractivity contribution is 7.90. The fourth-order valence-corrected chi connectivity index (χ4v) is 1.91. The Morgan fingerprint density at radius 3 is 2.47 bits per heavy atom. The average Bonchev–Trinajstić information content (AvgIpc) is 2.13. The Balaban J connectivity index is 3.85. The van der Waals surface area contributed by atoms with Crippen LogP contribution in [0.5, 0.6) is 0 Å². The molecule has 0 aromatic heterocycles. The highest BCUT2D eigenvalue weighted by Gasteiger charge is 2.10. The zero-order chi connectivity index (χ0) is 11.9. The van der Waals surface area contributed by atoms with E-state index < -0.39 is 9.84 Å². The zero-order valence-electron chi connectivity index (χ0n) is 9.73. The molecule has 0 aliphatic rings. The van der Waals surface area contributed by atoms with Crippen molar-refractivity contribution in [3.63, 3.8) is 0 Å². The Morgan fingerprint density at radius 1 is 1.47 bits per heavy atom. The number of aliphatic hydroxyl groups is 1. The van der Waals surface area contributed by atoms with Gasteiger partial charge in [0.25, 0.3) is 0 Å². The van der Waals surface area contributed by atoms with E-state index in [1.54, 1.807) is 0 Å². The van der Waals surface area contributed by atoms with Crippen LogP contribution >= 0.6 is 0 Å². The number of hydrogen-bond donors (Lipinski definition) is 2. The van der Waals surface area contributed by atoms with Crippen LogP contribution in [0.4, 0.5) is 0 Å². The molecule has 0 saturated heterocycles. The average molecular weight is 238 g/mol.